The summed E-state index contributed by atoms with van der Waals surface area (Å²) in [6, 6.07) is 15.3. The molecule has 0 aliphatic carbocycles. The second-order valence-corrected chi connectivity index (χ2v) is 8.19. The van der Waals surface area contributed by atoms with Crippen LogP contribution in [0.15, 0.2) is 65.8 Å². The number of halogens is 3. The molecule has 0 saturated heterocycles. The van der Waals surface area contributed by atoms with Crippen molar-refractivity contribution in [3.05, 3.63) is 92.4 Å². The quantitative estimate of drug-likeness (QED) is 0.188. The summed E-state index contributed by atoms with van der Waals surface area (Å²) >= 11 is 17.7. The first-order chi connectivity index (χ1) is 16.8. The summed E-state index contributed by atoms with van der Waals surface area (Å²) in [5.41, 5.74) is 3.38. The molecule has 0 fully saturated rings. The molecule has 0 aromatic heterocycles. The van der Waals surface area contributed by atoms with Crippen molar-refractivity contribution in [3.63, 3.8) is 0 Å². The highest BCUT2D eigenvalue weighted by Crippen LogP contribution is 2.30. The third kappa shape index (κ3) is 7.45. The third-order valence-electron chi connectivity index (χ3n) is 4.46. The number of benzene rings is 3. The van der Waals surface area contributed by atoms with Gasteiger partial charge in [0, 0.05) is 15.6 Å². The highest BCUT2D eigenvalue weighted by Gasteiger charge is 2.16. The molecular formula is C24H18Cl3N3O5. The molecule has 3 rings (SSSR count). The fourth-order valence-corrected chi connectivity index (χ4v) is 3.35. The van der Waals surface area contributed by atoms with Crippen molar-refractivity contribution < 1.29 is 23.9 Å². The molecule has 180 valence electrons. The second-order valence-electron chi connectivity index (χ2n) is 6.91. The van der Waals surface area contributed by atoms with E-state index in [4.69, 9.17) is 44.3 Å². The molecule has 2 amide bonds. The zero-order valence-electron chi connectivity index (χ0n) is 18.2. The minimum Gasteiger partial charge on any atom is -0.493 e. The van der Waals surface area contributed by atoms with Gasteiger partial charge in [-0.05, 0) is 66.2 Å². The third-order valence-corrected chi connectivity index (χ3v) is 5.26. The largest absolute Gasteiger partial charge is 0.493 e. The van der Waals surface area contributed by atoms with E-state index in [0.717, 1.165) is 0 Å². The number of hydrazone groups is 1. The van der Waals surface area contributed by atoms with Crippen LogP contribution in [0.5, 0.6) is 11.5 Å². The van der Waals surface area contributed by atoms with E-state index in [1.165, 1.54) is 37.6 Å². The van der Waals surface area contributed by atoms with Gasteiger partial charge in [0.15, 0.2) is 11.5 Å². The van der Waals surface area contributed by atoms with Gasteiger partial charge in [0.1, 0.15) is 0 Å². The van der Waals surface area contributed by atoms with Crippen molar-refractivity contribution in [2.45, 2.75) is 0 Å². The van der Waals surface area contributed by atoms with Gasteiger partial charge in [-0.2, -0.15) is 5.10 Å². The predicted octanol–water partition coefficient (Wildman–Crippen LogP) is 4.75. The number of nitrogens with zero attached hydrogens (tertiary/aromatic N) is 1. The second kappa shape index (κ2) is 12.2. The van der Waals surface area contributed by atoms with Crippen molar-refractivity contribution >= 4 is 58.8 Å². The number of methoxy groups -OCH3 is 1. The van der Waals surface area contributed by atoms with Gasteiger partial charge < -0.3 is 14.8 Å². The molecular weight excluding hydrogens is 517 g/mol. The van der Waals surface area contributed by atoms with Gasteiger partial charge in [-0.1, -0.05) is 34.8 Å². The minimum absolute atomic E-state index is 0.148. The van der Waals surface area contributed by atoms with Crippen molar-refractivity contribution in [2.24, 2.45) is 5.10 Å². The molecule has 2 N–H and O–H groups in total. The number of carbonyl (C=O) groups is 3. The van der Waals surface area contributed by atoms with Crippen LogP contribution in [0.1, 0.15) is 26.3 Å². The molecule has 8 nitrogen and oxygen atoms in total. The molecule has 3 aromatic carbocycles. The summed E-state index contributed by atoms with van der Waals surface area (Å²) in [5, 5.41) is 7.38. The Labute approximate surface area is 215 Å². The highest BCUT2D eigenvalue weighted by atomic mass is 35.5. The first kappa shape index (κ1) is 26.0. The zero-order valence-corrected chi connectivity index (χ0v) is 20.4. The van der Waals surface area contributed by atoms with E-state index in [2.05, 4.69) is 15.8 Å². The first-order valence-electron chi connectivity index (χ1n) is 9.97. The standard InChI is InChI=1S/C24H18Cl3N3O5/c1-34-21-10-14(2-9-20(21)35-24(33)18-8-7-17(26)11-19(18)27)12-29-30-22(31)13-28-23(32)15-3-5-16(25)6-4-15/h2-12H,13H2,1H3,(H,28,32)(H,30,31)/b29-12-. The van der Waals surface area contributed by atoms with Crippen LogP contribution in [0.2, 0.25) is 15.1 Å². The Morgan fingerprint density at radius 1 is 0.914 bits per heavy atom. The van der Waals surface area contributed by atoms with Gasteiger partial charge in [0.2, 0.25) is 0 Å². The van der Waals surface area contributed by atoms with Gasteiger partial charge in [-0.15, -0.1) is 0 Å². The molecule has 35 heavy (non-hydrogen) atoms. The van der Waals surface area contributed by atoms with E-state index >= 15 is 0 Å². The average Bonchev–Trinajstić information content (AvgIpc) is 2.83. The maximum atomic E-state index is 12.4. The van der Waals surface area contributed by atoms with Crippen molar-refractivity contribution in [1.29, 1.82) is 0 Å². The van der Waals surface area contributed by atoms with Gasteiger partial charge >= 0.3 is 5.97 Å². The highest BCUT2D eigenvalue weighted by molar-refractivity contribution is 6.36. The van der Waals surface area contributed by atoms with E-state index in [1.54, 1.807) is 36.4 Å². The molecule has 11 heteroatoms. The maximum absolute atomic E-state index is 12.4. The molecule has 3 aromatic rings. The molecule has 0 aliphatic rings. The monoisotopic (exact) mass is 533 g/mol. The maximum Gasteiger partial charge on any atom is 0.345 e. The molecule has 0 atom stereocenters. The summed E-state index contributed by atoms with van der Waals surface area (Å²) in [7, 11) is 1.41. The van der Waals surface area contributed by atoms with Crippen molar-refractivity contribution in [1.82, 2.24) is 10.7 Å². The first-order valence-corrected chi connectivity index (χ1v) is 11.1. The van der Waals surface area contributed by atoms with Crippen LogP contribution < -0.4 is 20.2 Å². The Kier molecular flexibility index (Phi) is 9.08. The number of hydrogen-bond acceptors (Lipinski definition) is 6. The lowest BCUT2D eigenvalue weighted by Gasteiger charge is -2.10. The Bertz CT molecular complexity index is 1280. The van der Waals surface area contributed by atoms with Crippen molar-refractivity contribution in [3.8, 4) is 11.5 Å². The number of nitrogens with one attached hydrogen (secondary N) is 2. The van der Waals surface area contributed by atoms with Crippen LogP contribution >= 0.6 is 34.8 Å². The Balaban J connectivity index is 1.55. The number of esters is 1. The van der Waals surface area contributed by atoms with Crippen LogP contribution in [0, 0.1) is 0 Å². The molecule has 0 spiro atoms. The summed E-state index contributed by atoms with van der Waals surface area (Å²) in [4.78, 5) is 36.4. The lowest BCUT2D eigenvalue weighted by Crippen LogP contribution is -2.34. The van der Waals surface area contributed by atoms with Crippen LogP contribution in [-0.4, -0.2) is 37.7 Å². The fraction of sp³-hybridized carbons (Fsp3) is 0.0833. The summed E-state index contributed by atoms with van der Waals surface area (Å²) in [5.74, 6) is -1.21. The molecule has 0 aliphatic heterocycles. The predicted molar refractivity (Wildman–Crippen MR) is 134 cm³/mol. The molecule has 0 unspecified atom stereocenters. The Morgan fingerprint density at radius 2 is 1.63 bits per heavy atom. The minimum atomic E-state index is -0.681. The van der Waals surface area contributed by atoms with Crippen molar-refractivity contribution in [2.75, 3.05) is 13.7 Å². The van der Waals surface area contributed by atoms with Crippen LogP contribution in [0.4, 0.5) is 0 Å². The Morgan fingerprint density at radius 3 is 2.31 bits per heavy atom. The van der Waals surface area contributed by atoms with Crippen LogP contribution in [0.3, 0.4) is 0 Å². The van der Waals surface area contributed by atoms with E-state index < -0.39 is 17.8 Å². The average molecular weight is 535 g/mol. The molecule has 0 radical (unpaired) electrons. The molecule has 0 saturated carbocycles. The lowest BCUT2D eigenvalue weighted by atomic mass is 10.2. The molecule has 0 bridgehead atoms. The Hall–Kier alpha value is -3.59. The number of ether oxygens (including phenoxy) is 2. The number of hydrogen-bond donors (Lipinski definition) is 2. The number of carbonyl (C=O) groups excluding carboxylic acids is 3. The number of rotatable bonds is 8. The van der Waals surface area contributed by atoms with E-state index in [9.17, 15) is 14.4 Å². The van der Waals surface area contributed by atoms with Crippen LogP contribution in [0.25, 0.3) is 0 Å². The van der Waals surface area contributed by atoms with Crippen LogP contribution in [-0.2, 0) is 4.79 Å². The van der Waals surface area contributed by atoms with Gasteiger partial charge in [-0.25, -0.2) is 10.2 Å². The van der Waals surface area contributed by atoms with E-state index in [1.807, 2.05) is 0 Å². The normalized spacial score (nSPS) is 10.6. The zero-order chi connectivity index (χ0) is 25.4. The summed E-state index contributed by atoms with van der Waals surface area (Å²) in [6.45, 7) is -0.274. The van der Waals surface area contributed by atoms with Gasteiger partial charge in [0.05, 0.1) is 30.5 Å². The van der Waals surface area contributed by atoms with Gasteiger partial charge in [-0.3, -0.25) is 9.59 Å². The summed E-state index contributed by atoms with van der Waals surface area (Å²) in [6.07, 6.45) is 1.36. The topological polar surface area (TPSA) is 106 Å². The van der Waals surface area contributed by atoms with E-state index in [-0.39, 0.29) is 28.6 Å². The van der Waals surface area contributed by atoms with Gasteiger partial charge in [0.25, 0.3) is 11.8 Å². The smallest absolute Gasteiger partial charge is 0.345 e. The summed E-state index contributed by atoms with van der Waals surface area (Å²) < 4.78 is 10.7. The lowest BCUT2D eigenvalue weighted by molar-refractivity contribution is -0.120. The van der Waals surface area contributed by atoms with E-state index in [0.29, 0.717) is 21.2 Å². The fourth-order valence-electron chi connectivity index (χ4n) is 2.74. The SMILES string of the molecule is COc1cc(/C=N\NC(=O)CNC(=O)c2ccc(Cl)cc2)ccc1OC(=O)c1ccc(Cl)cc1Cl. The number of amides is 2. The molecule has 0 heterocycles.